The molecule has 3 aliphatic rings. The van der Waals surface area contributed by atoms with Crippen molar-refractivity contribution < 1.29 is 13.6 Å². The molecular formula is C23H32Cl2F2N4O. The maximum Gasteiger partial charge on any atom is 0.318 e. The van der Waals surface area contributed by atoms with Gasteiger partial charge < -0.3 is 15.5 Å². The van der Waals surface area contributed by atoms with E-state index in [9.17, 15) is 13.6 Å². The zero-order chi connectivity index (χ0) is 22.9. The van der Waals surface area contributed by atoms with Gasteiger partial charge in [-0.2, -0.15) is 0 Å². The van der Waals surface area contributed by atoms with Crippen LogP contribution in [0.5, 0.6) is 0 Å². The minimum Gasteiger partial charge on any atom is -0.335 e. The summed E-state index contributed by atoms with van der Waals surface area (Å²) >= 11 is 13.0. The molecule has 0 aromatic heterocycles. The molecule has 0 radical (unpaired) electrons. The van der Waals surface area contributed by atoms with Gasteiger partial charge in [0.15, 0.2) is 0 Å². The number of alkyl halides is 2. The molecule has 2 heterocycles. The van der Waals surface area contributed by atoms with Gasteiger partial charge in [0.2, 0.25) is 0 Å². The van der Waals surface area contributed by atoms with E-state index in [4.69, 9.17) is 23.2 Å². The molecule has 1 aromatic carbocycles. The summed E-state index contributed by atoms with van der Waals surface area (Å²) in [7, 11) is 0. The summed E-state index contributed by atoms with van der Waals surface area (Å²) in [5.74, 6) is -2.73. The monoisotopic (exact) mass is 488 g/mol. The zero-order valence-corrected chi connectivity index (χ0v) is 20.0. The molecule has 1 unspecified atom stereocenters. The number of halogens is 4. The molecule has 5 nitrogen and oxygen atoms in total. The number of amides is 2. The van der Waals surface area contributed by atoms with E-state index in [1.54, 1.807) is 0 Å². The van der Waals surface area contributed by atoms with Crippen LogP contribution in [-0.4, -0.2) is 67.1 Å². The van der Waals surface area contributed by atoms with E-state index in [2.05, 4.69) is 28.5 Å². The van der Waals surface area contributed by atoms with Crippen LogP contribution in [0.3, 0.4) is 0 Å². The third-order valence-corrected chi connectivity index (χ3v) is 8.10. The molecule has 178 valence electrons. The van der Waals surface area contributed by atoms with Crippen LogP contribution in [0.1, 0.15) is 50.6 Å². The van der Waals surface area contributed by atoms with E-state index >= 15 is 0 Å². The smallest absolute Gasteiger partial charge is 0.318 e. The fourth-order valence-corrected chi connectivity index (χ4v) is 5.69. The van der Waals surface area contributed by atoms with Gasteiger partial charge in [-0.25, -0.2) is 13.6 Å². The molecule has 2 amide bonds. The number of piperazine rings is 1. The van der Waals surface area contributed by atoms with E-state index in [0.29, 0.717) is 10.0 Å². The number of hydrogen-bond acceptors (Lipinski definition) is 3. The minimum atomic E-state index is -2.73. The number of rotatable bonds is 5. The van der Waals surface area contributed by atoms with Crippen LogP contribution in [0.2, 0.25) is 10.0 Å². The summed E-state index contributed by atoms with van der Waals surface area (Å²) in [5.41, 5.74) is 1.18. The Morgan fingerprint density at radius 1 is 1.22 bits per heavy atom. The van der Waals surface area contributed by atoms with Crippen molar-refractivity contribution in [1.82, 2.24) is 20.4 Å². The van der Waals surface area contributed by atoms with Crippen molar-refractivity contribution in [3.8, 4) is 0 Å². The Bertz CT molecular complexity index is 818. The van der Waals surface area contributed by atoms with Gasteiger partial charge >= 0.3 is 6.03 Å². The molecule has 2 saturated heterocycles. The second-order valence-electron chi connectivity index (χ2n) is 9.90. The number of urea groups is 1. The van der Waals surface area contributed by atoms with Crippen LogP contribution < -0.4 is 10.6 Å². The number of likely N-dealkylation sites (tertiary alicyclic amines) is 1. The Morgan fingerprint density at radius 3 is 2.50 bits per heavy atom. The van der Waals surface area contributed by atoms with Crippen molar-refractivity contribution in [3.05, 3.63) is 33.8 Å². The predicted octanol–water partition coefficient (Wildman–Crippen LogP) is 4.94. The Balaban J connectivity index is 1.39. The first-order valence-corrected chi connectivity index (χ1v) is 12.2. The average molecular weight is 489 g/mol. The maximum absolute atomic E-state index is 13.0. The molecule has 3 fully saturated rings. The van der Waals surface area contributed by atoms with E-state index in [1.165, 1.54) is 4.90 Å². The first kappa shape index (κ1) is 24.0. The van der Waals surface area contributed by atoms with Crippen molar-refractivity contribution in [2.24, 2.45) is 5.41 Å². The number of carbonyl (C=O) groups is 1. The normalized spacial score (nSPS) is 29.3. The Kier molecular flexibility index (Phi) is 7.20. The number of benzene rings is 1. The number of carbonyl (C=O) groups excluding carboxylic acids is 1. The third kappa shape index (κ3) is 5.49. The summed E-state index contributed by atoms with van der Waals surface area (Å²) in [6, 6.07) is 5.73. The summed E-state index contributed by atoms with van der Waals surface area (Å²) in [4.78, 5) is 15.9. The second kappa shape index (κ2) is 9.61. The lowest BCUT2D eigenvalue weighted by Crippen LogP contribution is -2.62. The van der Waals surface area contributed by atoms with Gasteiger partial charge in [0.1, 0.15) is 0 Å². The number of hydrogen-bond donors (Lipinski definition) is 2. The molecule has 0 spiro atoms. The third-order valence-electron chi connectivity index (χ3n) is 7.27. The second-order valence-corrected chi connectivity index (χ2v) is 10.7. The van der Waals surface area contributed by atoms with Crippen LogP contribution in [0.15, 0.2) is 18.2 Å². The lowest BCUT2D eigenvalue weighted by molar-refractivity contribution is -0.110. The summed E-state index contributed by atoms with van der Waals surface area (Å²) in [5, 5.41) is 7.59. The summed E-state index contributed by atoms with van der Waals surface area (Å²) in [6.07, 6.45) is 4.60. The molecule has 32 heavy (non-hydrogen) atoms. The molecule has 0 bridgehead atoms. The fraction of sp³-hybridized carbons (Fsp3) is 0.696. The van der Waals surface area contributed by atoms with E-state index in [-0.39, 0.29) is 23.5 Å². The molecule has 9 heteroatoms. The van der Waals surface area contributed by atoms with Gasteiger partial charge in [-0.3, -0.25) is 4.90 Å². The predicted molar refractivity (Wildman–Crippen MR) is 124 cm³/mol. The van der Waals surface area contributed by atoms with E-state index in [0.717, 1.165) is 63.8 Å². The highest BCUT2D eigenvalue weighted by Gasteiger charge is 2.47. The van der Waals surface area contributed by atoms with Crippen molar-refractivity contribution >= 4 is 29.2 Å². The lowest BCUT2D eigenvalue weighted by atomic mass is 9.69. The number of nitrogens with zero attached hydrogens (tertiary/aromatic N) is 2. The van der Waals surface area contributed by atoms with Gasteiger partial charge in [0, 0.05) is 38.3 Å². The van der Waals surface area contributed by atoms with Crippen molar-refractivity contribution in [2.75, 3.05) is 39.3 Å². The Morgan fingerprint density at radius 2 is 1.88 bits per heavy atom. The molecule has 2 aliphatic heterocycles. The first-order valence-electron chi connectivity index (χ1n) is 11.5. The summed E-state index contributed by atoms with van der Waals surface area (Å²) in [6.45, 7) is 5.19. The first-order chi connectivity index (χ1) is 15.2. The molecule has 2 N–H and O–H groups in total. The molecular weight excluding hydrogens is 457 g/mol. The fourth-order valence-electron chi connectivity index (χ4n) is 5.26. The summed E-state index contributed by atoms with van der Waals surface area (Å²) < 4.78 is 26.1. The van der Waals surface area contributed by atoms with Gasteiger partial charge in [-0.15, -0.1) is 0 Å². The van der Waals surface area contributed by atoms with Crippen molar-refractivity contribution in [2.45, 2.75) is 57.0 Å². The molecule has 1 aromatic rings. The SMILES string of the molecule is CC1(CC(c2cccc(Cl)c2Cl)N2CCNCC2)CCC(NC(=O)N2CC(F)(F)C2)CC1. The highest BCUT2D eigenvalue weighted by atomic mass is 35.5. The van der Waals surface area contributed by atoms with Crippen LogP contribution >= 0.6 is 23.2 Å². The largest absolute Gasteiger partial charge is 0.335 e. The van der Waals surface area contributed by atoms with Crippen molar-refractivity contribution in [3.63, 3.8) is 0 Å². The quantitative estimate of drug-likeness (QED) is 0.616. The van der Waals surface area contributed by atoms with Gasteiger partial charge in [0.25, 0.3) is 5.92 Å². The molecule has 1 atom stereocenters. The van der Waals surface area contributed by atoms with Crippen LogP contribution in [0, 0.1) is 5.41 Å². The topological polar surface area (TPSA) is 47.6 Å². The van der Waals surface area contributed by atoms with Gasteiger partial charge in [-0.1, -0.05) is 42.3 Å². The lowest BCUT2D eigenvalue weighted by Gasteiger charge is -2.45. The maximum atomic E-state index is 13.0. The molecule has 4 rings (SSSR count). The molecule has 1 aliphatic carbocycles. The van der Waals surface area contributed by atoms with Crippen LogP contribution in [-0.2, 0) is 0 Å². The Hall–Kier alpha value is -1.15. The Labute approximate surface area is 198 Å². The van der Waals surface area contributed by atoms with E-state index < -0.39 is 19.0 Å². The van der Waals surface area contributed by atoms with Crippen LogP contribution in [0.4, 0.5) is 13.6 Å². The molecule has 1 saturated carbocycles. The minimum absolute atomic E-state index is 0.0391. The average Bonchev–Trinajstić information content (AvgIpc) is 2.75. The van der Waals surface area contributed by atoms with E-state index in [1.807, 2.05) is 12.1 Å². The number of nitrogens with one attached hydrogen (secondary N) is 2. The highest BCUT2D eigenvalue weighted by molar-refractivity contribution is 6.42. The van der Waals surface area contributed by atoms with Gasteiger partial charge in [-0.05, 0) is 49.1 Å². The van der Waals surface area contributed by atoms with Crippen LogP contribution in [0.25, 0.3) is 0 Å². The zero-order valence-electron chi connectivity index (χ0n) is 18.5. The van der Waals surface area contributed by atoms with Gasteiger partial charge in [0.05, 0.1) is 23.1 Å². The highest BCUT2D eigenvalue weighted by Crippen LogP contribution is 2.46. The van der Waals surface area contributed by atoms with Crippen molar-refractivity contribution in [1.29, 1.82) is 0 Å². The standard InChI is InChI=1S/C23H32Cl2F2N4O/c1-22(7-5-16(6-8-22)29-21(32)31-14-23(26,27)15-31)13-19(30-11-9-28-10-12-30)17-3-2-4-18(24)20(17)25/h2-4,16,19,28H,5-15H2,1H3,(H,29,32).